The molecule has 0 saturated heterocycles. The highest BCUT2D eigenvalue weighted by molar-refractivity contribution is 6.33. The van der Waals surface area contributed by atoms with Gasteiger partial charge in [0.1, 0.15) is 0 Å². The highest BCUT2D eigenvalue weighted by atomic mass is 35.5. The van der Waals surface area contributed by atoms with Crippen LogP contribution in [0.25, 0.3) is 0 Å². The lowest BCUT2D eigenvalue weighted by Gasteiger charge is -2.25. The summed E-state index contributed by atoms with van der Waals surface area (Å²) in [6, 6.07) is 6.03. The van der Waals surface area contributed by atoms with Gasteiger partial charge in [-0.25, -0.2) is 0 Å². The molecule has 0 heterocycles. The van der Waals surface area contributed by atoms with Crippen molar-refractivity contribution < 1.29 is 0 Å². The van der Waals surface area contributed by atoms with E-state index in [1.165, 1.54) is 0 Å². The third-order valence-corrected chi connectivity index (χ3v) is 2.98. The summed E-state index contributed by atoms with van der Waals surface area (Å²) in [7, 11) is 0. The zero-order valence-electron chi connectivity index (χ0n) is 10.8. The predicted octanol–water partition coefficient (Wildman–Crippen LogP) is 3.76. The van der Waals surface area contributed by atoms with Crippen molar-refractivity contribution in [1.29, 1.82) is 0 Å². The molecule has 2 nitrogen and oxygen atoms in total. The van der Waals surface area contributed by atoms with Crippen molar-refractivity contribution in [2.24, 2.45) is 5.73 Å². The van der Waals surface area contributed by atoms with Gasteiger partial charge in [0.15, 0.2) is 0 Å². The Morgan fingerprint density at radius 3 is 2.59 bits per heavy atom. The molecule has 0 spiro atoms. The lowest BCUT2D eigenvalue weighted by Crippen LogP contribution is -2.24. The lowest BCUT2D eigenvalue weighted by atomic mass is 10.1. The quantitative estimate of drug-likeness (QED) is 0.809. The van der Waals surface area contributed by atoms with Crippen LogP contribution in [0.5, 0.6) is 0 Å². The molecule has 2 N–H and O–H groups in total. The standard InChI is InChI=1S/C14H21ClN2/c1-5-17(9-10(2)3)14-7-6-12(11(4)16)8-13(14)15/h6-8,11H,2,5,9,16H2,1,3-4H3/t11-/m0/s1. The molecule has 0 bridgehead atoms. The summed E-state index contributed by atoms with van der Waals surface area (Å²) in [6.07, 6.45) is 0. The van der Waals surface area contributed by atoms with Crippen molar-refractivity contribution in [3.63, 3.8) is 0 Å². The molecule has 1 atom stereocenters. The molecular weight excluding hydrogens is 232 g/mol. The molecule has 94 valence electrons. The molecule has 3 heteroatoms. The largest absolute Gasteiger partial charge is 0.367 e. The summed E-state index contributed by atoms with van der Waals surface area (Å²) in [4.78, 5) is 2.20. The summed E-state index contributed by atoms with van der Waals surface area (Å²) < 4.78 is 0. The Hall–Kier alpha value is -0.990. The molecule has 0 aliphatic rings. The average molecular weight is 253 g/mol. The number of rotatable bonds is 5. The maximum atomic E-state index is 6.30. The molecule has 0 aliphatic heterocycles. The Labute approximate surface area is 109 Å². The molecule has 17 heavy (non-hydrogen) atoms. The van der Waals surface area contributed by atoms with Gasteiger partial charge in [-0.15, -0.1) is 0 Å². The first-order valence-corrected chi connectivity index (χ1v) is 6.27. The Balaban J connectivity index is 3.00. The minimum atomic E-state index is 0.0118. The van der Waals surface area contributed by atoms with Gasteiger partial charge in [-0.2, -0.15) is 0 Å². The van der Waals surface area contributed by atoms with Crippen molar-refractivity contribution in [1.82, 2.24) is 0 Å². The summed E-state index contributed by atoms with van der Waals surface area (Å²) in [5.74, 6) is 0. The van der Waals surface area contributed by atoms with Gasteiger partial charge >= 0.3 is 0 Å². The Bertz CT molecular complexity index is 399. The van der Waals surface area contributed by atoms with Gasteiger partial charge in [-0.1, -0.05) is 29.8 Å². The Kier molecular flexibility index (Phi) is 5.03. The number of halogens is 1. The second-order valence-corrected chi connectivity index (χ2v) is 4.88. The van der Waals surface area contributed by atoms with Gasteiger partial charge in [-0.3, -0.25) is 0 Å². The van der Waals surface area contributed by atoms with Crippen LogP contribution >= 0.6 is 11.6 Å². The molecule has 1 rings (SSSR count). The van der Waals surface area contributed by atoms with Crippen molar-refractivity contribution >= 4 is 17.3 Å². The van der Waals surface area contributed by atoms with Crippen molar-refractivity contribution in [2.45, 2.75) is 26.8 Å². The van der Waals surface area contributed by atoms with Gasteiger partial charge in [0, 0.05) is 19.1 Å². The van der Waals surface area contributed by atoms with Crippen LogP contribution in [0, 0.1) is 0 Å². The van der Waals surface area contributed by atoms with Gasteiger partial charge < -0.3 is 10.6 Å². The SMILES string of the molecule is C=C(C)CN(CC)c1ccc([C@H](C)N)cc1Cl. The second-order valence-electron chi connectivity index (χ2n) is 4.47. The van der Waals surface area contributed by atoms with Crippen LogP contribution in [0.1, 0.15) is 32.4 Å². The minimum absolute atomic E-state index is 0.0118. The number of nitrogens with zero attached hydrogens (tertiary/aromatic N) is 1. The van der Waals surface area contributed by atoms with E-state index in [1.807, 2.05) is 32.0 Å². The molecule has 0 aromatic heterocycles. The van der Waals surface area contributed by atoms with Crippen LogP contribution in [0.2, 0.25) is 5.02 Å². The van der Waals surface area contributed by atoms with E-state index >= 15 is 0 Å². The fourth-order valence-corrected chi connectivity index (χ4v) is 2.06. The zero-order chi connectivity index (χ0) is 13.0. The van der Waals surface area contributed by atoms with Crippen molar-refractivity contribution in [3.05, 3.63) is 40.9 Å². The zero-order valence-corrected chi connectivity index (χ0v) is 11.6. The predicted molar refractivity (Wildman–Crippen MR) is 76.8 cm³/mol. The van der Waals surface area contributed by atoms with E-state index in [1.54, 1.807) is 0 Å². The highest BCUT2D eigenvalue weighted by Crippen LogP contribution is 2.28. The number of hydrogen-bond donors (Lipinski definition) is 1. The summed E-state index contributed by atoms with van der Waals surface area (Å²) in [5.41, 5.74) is 9.06. The van der Waals surface area contributed by atoms with Crippen LogP contribution in [0.15, 0.2) is 30.4 Å². The maximum Gasteiger partial charge on any atom is 0.0643 e. The average Bonchev–Trinajstić information content (AvgIpc) is 2.25. The molecule has 0 amide bonds. The first-order chi connectivity index (χ1) is 7.95. The van der Waals surface area contributed by atoms with Crippen molar-refractivity contribution in [2.75, 3.05) is 18.0 Å². The van der Waals surface area contributed by atoms with E-state index in [4.69, 9.17) is 17.3 Å². The summed E-state index contributed by atoms with van der Waals surface area (Å²) >= 11 is 6.30. The van der Waals surface area contributed by atoms with E-state index in [0.717, 1.165) is 34.9 Å². The minimum Gasteiger partial charge on any atom is -0.367 e. The Morgan fingerprint density at radius 2 is 2.18 bits per heavy atom. The van der Waals surface area contributed by atoms with Gasteiger partial charge in [0.2, 0.25) is 0 Å². The molecule has 0 radical (unpaired) electrons. The van der Waals surface area contributed by atoms with Crippen LogP contribution in [0.3, 0.4) is 0 Å². The smallest absolute Gasteiger partial charge is 0.0643 e. The molecular formula is C14H21ClN2. The molecule has 1 aromatic rings. The number of likely N-dealkylation sites (N-methyl/N-ethyl adjacent to an activating group) is 1. The second kappa shape index (κ2) is 6.08. The van der Waals surface area contributed by atoms with E-state index in [0.29, 0.717) is 0 Å². The van der Waals surface area contributed by atoms with Crippen LogP contribution in [-0.4, -0.2) is 13.1 Å². The van der Waals surface area contributed by atoms with E-state index in [2.05, 4.69) is 18.4 Å². The van der Waals surface area contributed by atoms with E-state index in [9.17, 15) is 0 Å². The van der Waals surface area contributed by atoms with E-state index < -0.39 is 0 Å². The third kappa shape index (κ3) is 3.76. The monoisotopic (exact) mass is 252 g/mol. The van der Waals surface area contributed by atoms with Crippen LogP contribution < -0.4 is 10.6 Å². The molecule has 1 aromatic carbocycles. The summed E-state index contributed by atoms with van der Waals surface area (Å²) in [6.45, 7) is 11.8. The first kappa shape index (κ1) is 14.1. The maximum absolute atomic E-state index is 6.30. The van der Waals surface area contributed by atoms with Gasteiger partial charge in [0.05, 0.1) is 10.7 Å². The van der Waals surface area contributed by atoms with Crippen LogP contribution in [0.4, 0.5) is 5.69 Å². The normalized spacial score (nSPS) is 12.3. The number of hydrogen-bond acceptors (Lipinski definition) is 2. The molecule has 0 saturated carbocycles. The first-order valence-electron chi connectivity index (χ1n) is 5.90. The summed E-state index contributed by atoms with van der Waals surface area (Å²) in [5, 5.41) is 0.753. The number of anilines is 1. The van der Waals surface area contributed by atoms with Gasteiger partial charge in [0.25, 0.3) is 0 Å². The fourth-order valence-electron chi connectivity index (χ4n) is 1.76. The van der Waals surface area contributed by atoms with E-state index in [-0.39, 0.29) is 6.04 Å². The fraction of sp³-hybridized carbons (Fsp3) is 0.429. The molecule has 0 aliphatic carbocycles. The number of benzene rings is 1. The third-order valence-electron chi connectivity index (χ3n) is 2.68. The van der Waals surface area contributed by atoms with Gasteiger partial charge in [-0.05, 0) is 38.5 Å². The molecule has 0 fully saturated rings. The van der Waals surface area contributed by atoms with Crippen molar-refractivity contribution in [3.8, 4) is 0 Å². The highest BCUT2D eigenvalue weighted by Gasteiger charge is 2.10. The number of nitrogens with two attached hydrogens (primary N) is 1. The lowest BCUT2D eigenvalue weighted by molar-refractivity contribution is 0.816. The van der Waals surface area contributed by atoms with Crippen LogP contribution in [-0.2, 0) is 0 Å². The Morgan fingerprint density at radius 1 is 1.53 bits per heavy atom. The topological polar surface area (TPSA) is 29.3 Å². The molecule has 0 unspecified atom stereocenters.